The van der Waals surface area contributed by atoms with Gasteiger partial charge in [-0.25, -0.2) is 4.98 Å². The molecule has 0 bridgehead atoms. The summed E-state index contributed by atoms with van der Waals surface area (Å²) in [5.41, 5.74) is 3.78. The number of aromatic nitrogens is 2. The van der Waals surface area contributed by atoms with Crippen molar-refractivity contribution in [1.29, 1.82) is 0 Å². The summed E-state index contributed by atoms with van der Waals surface area (Å²) in [7, 11) is 0. The van der Waals surface area contributed by atoms with Crippen molar-refractivity contribution in [2.45, 2.75) is 52.7 Å². The van der Waals surface area contributed by atoms with Gasteiger partial charge < -0.3 is 18.9 Å². The van der Waals surface area contributed by atoms with Crippen molar-refractivity contribution in [3.05, 3.63) is 59.4 Å². The number of carbonyl (C=O) groups excluding carboxylic acids is 1. The molecule has 6 nitrogen and oxygen atoms in total. The van der Waals surface area contributed by atoms with E-state index >= 15 is 0 Å². The van der Waals surface area contributed by atoms with E-state index in [2.05, 4.69) is 16.7 Å². The molecule has 0 radical (unpaired) electrons. The highest BCUT2D eigenvalue weighted by molar-refractivity contribution is 5.97. The Morgan fingerprint density at radius 3 is 2.59 bits per heavy atom. The first-order chi connectivity index (χ1) is 15.6. The summed E-state index contributed by atoms with van der Waals surface area (Å²) < 4.78 is 13.8. The topological polar surface area (TPSA) is 56.6 Å². The number of rotatable bonds is 9. The third-order valence-electron chi connectivity index (χ3n) is 6.13. The van der Waals surface area contributed by atoms with Gasteiger partial charge in [0.1, 0.15) is 11.6 Å². The van der Waals surface area contributed by atoms with Crippen LogP contribution in [-0.4, -0.2) is 52.8 Å². The minimum Gasteiger partial charge on any atom is -0.494 e. The molecule has 1 aliphatic heterocycles. The van der Waals surface area contributed by atoms with Gasteiger partial charge in [0.25, 0.3) is 5.91 Å². The molecule has 0 aliphatic carbocycles. The van der Waals surface area contributed by atoms with Gasteiger partial charge in [-0.05, 0) is 69.5 Å². The lowest BCUT2D eigenvalue weighted by atomic mass is 10.1. The molecule has 3 aromatic rings. The number of hydrogen-bond acceptors (Lipinski definition) is 4. The maximum atomic E-state index is 12.9. The van der Waals surface area contributed by atoms with Crippen LogP contribution >= 0.6 is 0 Å². The van der Waals surface area contributed by atoms with E-state index in [0.717, 1.165) is 48.6 Å². The van der Waals surface area contributed by atoms with E-state index in [-0.39, 0.29) is 12.0 Å². The molecule has 2 aromatic carbocycles. The van der Waals surface area contributed by atoms with Crippen LogP contribution in [0.3, 0.4) is 0 Å². The average Bonchev–Trinajstić information content (AvgIpc) is 3.44. The second-order valence-corrected chi connectivity index (χ2v) is 8.21. The van der Waals surface area contributed by atoms with Gasteiger partial charge in [0, 0.05) is 31.7 Å². The number of benzene rings is 2. The van der Waals surface area contributed by atoms with Crippen molar-refractivity contribution in [2.24, 2.45) is 0 Å². The van der Waals surface area contributed by atoms with Crippen molar-refractivity contribution in [1.82, 2.24) is 14.5 Å². The Morgan fingerprint density at radius 1 is 1.16 bits per heavy atom. The Labute approximate surface area is 190 Å². The van der Waals surface area contributed by atoms with Gasteiger partial charge in [-0.2, -0.15) is 0 Å². The molecule has 170 valence electrons. The highest BCUT2D eigenvalue weighted by atomic mass is 16.5. The minimum absolute atomic E-state index is 0.0543. The maximum absolute atomic E-state index is 12.9. The van der Waals surface area contributed by atoms with Gasteiger partial charge in [-0.15, -0.1) is 0 Å². The summed E-state index contributed by atoms with van der Waals surface area (Å²) >= 11 is 0. The molecule has 1 fully saturated rings. The van der Waals surface area contributed by atoms with Crippen molar-refractivity contribution >= 4 is 16.9 Å². The average molecular weight is 436 g/mol. The number of hydrogen-bond donors (Lipinski definition) is 0. The Balaban J connectivity index is 1.67. The molecule has 0 saturated carbocycles. The third kappa shape index (κ3) is 4.80. The maximum Gasteiger partial charge on any atom is 0.253 e. The summed E-state index contributed by atoms with van der Waals surface area (Å²) in [6.07, 6.45) is 3.10. The van der Waals surface area contributed by atoms with E-state index < -0.39 is 0 Å². The zero-order valence-electron chi connectivity index (χ0n) is 19.3. The highest BCUT2D eigenvalue weighted by Gasteiger charge is 2.21. The Hall–Kier alpha value is -2.86. The summed E-state index contributed by atoms with van der Waals surface area (Å²) in [6.45, 7) is 9.66. The lowest BCUT2D eigenvalue weighted by Gasteiger charge is -2.18. The van der Waals surface area contributed by atoms with Gasteiger partial charge in [-0.3, -0.25) is 4.79 Å². The largest absolute Gasteiger partial charge is 0.494 e. The van der Waals surface area contributed by atoms with Crippen LogP contribution in [0.5, 0.6) is 5.75 Å². The van der Waals surface area contributed by atoms with E-state index in [4.69, 9.17) is 14.5 Å². The molecule has 1 amide bonds. The summed E-state index contributed by atoms with van der Waals surface area (Å²) in [5.74, 6) is 1.93. The number of fused-ring (bicyclic) bond motifs is 1. The standard InChI is InChI=1S/C26H33N3O3/c1-4-28(5-2)26(30)20-11-14-24-23(17-20)27-25(29(24)18-22-8-7-15-32-22)16-19-9-12-21(13-10-19)31-6-3/h9-14,17,22H,4-8,15-16,18H2,1-3H3/t22-/m1/s1. The van der Waals surface area contributed by atoms with Crippen LogP contribution in [0.25, 0.3) is 11.0 Å². The molecular weight excluding hydrogens is 402 g/mol. The molecule has 32 heavy (non-hydrogen) atoms. The Kier molecular flexibility index (Phi) is 7.10. The molecule has 1 atom stereocenters. The van der Waals surface area contributed by atoms with Crippen LogP contribution in [0.15, 0.2) is 42.5 Å². The quantitative estimate of drug-likeness (QED) is 0.489. The first-order valence-electron chi connectivity index (χ1n) is 11.7. The first-order valence-corrected chi connectivity index (χ1v) is 11.7. The van der Waals surface area contributed by atoms with Crippen LogP contribution in [0.1, 0.15) is 55.4 Å². The second kappa shape index (κ2) is 10.2. The fourth-order valence-corrected chi connectivity index (χ4v) is 4.39. The van der Waals surface area contributed by atoms with E-state index in [0.29, 0.717) is 31.7 Å². The van der Waals surface area contributed by atoms with Crippen molar-refractivity contribution in [3.8, 4) is 5.75 Å². The number of nitrogens with zero attached hydrogens (tertiary/aromatic N) is 3. The zero-order valence-corrected chi connectivity index (χ0v) is 19.3. The lowest BCUT2D eigenvalue weighted by Crippen LogP contribution is -2.30. The molecule has 0 unspecified atom stereocenters. The normalized spacial score (nSPS) is 15.9. The van der Waals surface area contributed by atoms with Gasteiger partial charge in [0.2, 0.25) is 0 Å². The fourth-order valence-electron chi connectivity index (χ4n) is 4.39. The van der Waals surface area contributed by atoms with E-state index in [9.17, 15) is 4.79 Å². The molecular formula is C26H33N3O3. The van der Waals surface area contributed by atoms with Gasteiger partial charge in [0.05, 0.1) is 30.3 Å². The summed E-state index contributed by atoms with van der Waals surface area (Å²) in [6, 6.07) is 14.1. The first kappa shape index (κ1) is 22.3. The lowest BCUT2D eigenvalue weighted by molar-refractivity contribution is 0.0773. The van der Waals surface area contributed by atoms with E-state index in [1.165, 1.54) is 5.56 Å². The minimum atomic E-state index is 0.0543. The van der Waals surface area contributed by atoms with Gasteiger partial charge >= 0.3 is 0 Å². The predicted molar refractivity (Wildman–Crippen MR) is 126 cm³/mol. The molecule has 1 aliphatic rings. The van der Waals surface area contributed by atoms with Gasteiger partial charge in [0.15, 0.2) is 0 Å². The number of ether oxygens (including phenoxy) is 2. The fraction of sp³-hybridized carbons (Fsp3) is 0.462. The van der Waals surface area contributed by atoms with Crippen LogP contribution in [0.2, 0.25) is 0 Å². The molecule has 6 heteroatoms. The number of imidazole rings is 1. The van der Waals surface area contributed by atoms with Gasteiger partial charge in [-0.1, -0.05) is 12.1 Å². The predicted octanol–water partition coefficient (Wildman–Crippen LogP) is 4.69. The van der Waals surface area contributed by atoms with Crippen LogP contribution in [0.4, 0.5) is 0 Å². The highest BCUT2D eigenvalue weighted by Crippen LogP contribution is 2.24. The monoisotopic (exact) mass is 435 g/mol. The molecule has 4 rings (SSSR count). The molecule has 0 N–H and O–H groups in total. The Morgan fingerprint density at radius 2 is 1.94 bits per heavy atom. The van der Waals surface area contributed by atoms with Crippen molar-refractivity contribution < 1.29 is 14.3 Å². The van der Waals surface area contributed by atoms with Crippen molar-refractivity contribution in [3.63, 3.8) is 0 Å². The molecule has 0 spiro atoms. The molecule has 2 heterocycles. The zero-order chi connectivity index (χ0) is 22.5. The third-order valence-corrected chi connectivity index (χ3v) is 6.13. The summed E-state index contributed by atoms with van der Waals surface area (Å²) in [5, 5.41) is 0. The SMILES string of the molecule is CCOc1ccc(Cc2nc3cc(C(=O)N(CC)CC)ccc3n2C[C@H]2CCCO2)cc1. The number of carbonyl (C=O) groups is 1. The van der Waals surface area contributed by atoms with Crippen molar-refractivity contribution in [2.75, 3.05) is 26.3 Å². The Bertz CT molecular complexity index is 1050. The molecule has 1 aromatic heterocycles. The van der Waals surface area contributed by atoms with Crippen LogP contribution in [0, 0.1) is 0 Å². The molecule has 1 saturated heterocycles. The van der Waals surface area contributed by atoms with Crippen LogP contribution < -0.4 is 4.74 Å². The summed E-state index contributed by atoms with van der Waals surface area (Å²) in [4.78, 5) is 19.7. The second-order valence-electron chi connectivity index (χ2n) is 8.21. The van der Waals surface area contributed by atoms with E-state index in [1.54, 1.807) is 0 Å². The van der Waals surface area contributed by atoms with E-state index in [1.807, 2.05) is 56.0 Å². The number of amides is 1. The smallest absolute Gasteiger partial charge is 0.253 e. The van der Waals surface area contributed by atoms with Crippen LogP contribution in [-0.2, 0) is 17.7 Å².